The molecule has 2 heterocycles. The van der Waals surface area contributed by atoms with Crippen LogP contribution in [0, 0.1) is 6.92 Å². The fraction of sp³-hybridized carbons (Fsp3) is 0.294. The highest BCUT2D eigenvalue weighted by atomic mass is 35.5. The van der Waals surface area contributed by atoms with Gasteiger partial charge in [0, 0.05) is 16.1 Å². The van der Waals surface area contributed by atoms with Gasteiger partial charge in [0.1, 0.15) is 4.83 Å². The van der Waals surface area contributed by atoms with Crippen LogP contribution in [0.4, 0.5) is 0 Å². The van der Waals surface area contributed by atoms with Crippen LogP contribution in [0.2, 0.25) is 5.02 Å². The SMILES string of the molecule is CC.Cc1cc2c(CCc3ccc(Cl)cc3)csc2[nH]1. The van der Waals surface area contributed by atoms with Gasteiger partial charge in [0.15, 0.2) is 0 Å². The molecule has 106 valence electrons. The maximum atomic E-state index is 5.89. The highest BCUT2D eigenvalue weighted by Crippen LogP contribution is 2.27. The van der Waals surface area contributed by atoms with Crippen molar-refractivity contribution in [2.75, 3.05) is 0 Å². The Morgan fingerprint density at radius 2 is 1.80 bits per heavy atom. The number of nitrogens with one attached hydrogen (secondary N) is 1. The lowest BCUT2D eigenvalue weighted by molar-refractivity contribution is 0.973. The summed E-state index contributed by atoms with van der Waals surface area (Å²) in [6.45, 7) is 6.11. The summed E-state index contributed by atoms with van der Waals surface area (Å²) >= 11 is 7.69. The normalized spacial score (nSPS) is 10.4. The summed E-state index contributed by atoms with van der Waals surface area (Å²) < 4.78 is 0. The number of halogens is 1. The molecule has 1 aromatic carbocycles. The van der Waals surface area contributed by atoms with Crippen LogP contribution in [0.15, 0.2) is 35.7 Å². The van der Waals surface area contributed by atoms with Crippen molar-refractivity contribution in [3.63, 3.8) is 0 Å². The molecule has 3 heteroatoms. The topological polar surface area (TPSA) is 15.8 Å². The van der Waals surface area contributed by atoms with Crippen LogP contribution < -0.4 is 0 Å². The van der Waals surface area contributed by atoms with Crippen LogP contribution in [-0.4, -0.2) is 4.98 Å². The highest BCUT2D eigenvalue weighted by molar-refractivity contribution is 7.17. The van der Waals surface area contributed by atoms with Crippen LogP contribution in [0.3, 0.4) is 0 Å². The number of aromatic nitrogens is 1. The zero-order valence-electron chi connectivity index (χ0n) is 12.2. The molecule has 0 saturated carbocycles. The number of aryl methyl sites for hydroxylation is 3. The zero-order valence-corrected chi connectivity index (χ0v) is 13.7. The average molecular weight is 306 g/mol. The van der Waals surface area contributed by atoms with E-state index >= 15 is 0 Å². The summed E-state index contributed by atoms with van der Waals surface area (Å²) in [5.41, 5.74) is 4.02. The minimum Gasteiger partial charge on any atom is -0.350 e. The first-order valence-electron chi connectivity index (χ1n) is 7.02. The minimum absolute atomic E-state index is 0.804. The lowest BCUT2D eigenvalue weighted by Crippen LogP contribution is -1.89. The lowest BCUT2D eigenvalue weighted by Gasteiger charge is -2.00. The van der Waals surface area contributed by atoms with Gasteiger partial charge in [-0.2, -0.15) is 0 Å². The van der Waals surface area contributed by atoms with Gasteiger partial charge >= 0.3 is 0 Å². The third-order valence-corrected chi connectivity index (χ3v) is 4.39. The first-order chi connectivity index (χ1) is 9.72. The zero-order chi connectivity index (χ0) is 14.5. The molecule has 0 aliphatic rings. The van der Waals surface area contributed by atoms with Crippen molar-refractivity contribution in [2.24, 2.45) is 0 Å². The van der Waals surface area contributed by atoms with Crippen molar-refractivity contribution >= 4 is 33.2 Å². The molecule has 0 aliphatic heterocycles. The van der Waals surface area contributed by atoms with Gasteiger partial charge in [-0.3, -0.25) is 0 Å². The Kier molecular flexibility index (Phi) is 5.27. The van der Waals surface area contributed by atoms with Gasteiger partial charge in [-0.25, -0.2) is 0 Å². The largest absolute Gasteiger partial charge is 0.350 e. The summed E-state index contributed by atoms with van der Waals surface area (Å²) in [5, 5.41) is 4.45. The van der Waals surface area contributed by atoms with E-state index in [9.17, 15) is 0 Å². The average Bonchev–Trinajstić information content (AvgIpc) is 3.00. The van der Waals surface area contributed by atoms with Crippen molar-refractivity contribution in [2.45, 2.75) is 33.6 Å². The van der Waals surface area contributed by atoms with E-state index < -0.39 is 0 Å². The van der Waals surface area contributed by atoms with Gasteiger partial charge in [-0.1, -0.05) is 37.6 Å². The smallest absolute Gasteiger partial charge is 0.100 e. The Hall–Kier alpha value is -1.25. The van der Waals surface area contributed by atoms with Crippen LogP contribution in [0.1, 0.15) is 30.7 Å². The monoisotopic (exact) mass is 305 g/mol. The van der Waals surface area contributed by atoms with Gasteiger partial charge in [-0.05, 0) is 54.5 Å². The molecule has 0 fully saturated rings. The van der Waals surface area contributed by atoms with E-state index in [1.54, 1.807) is 11.3 Å². The minimum atomic E-state index is 0.804. The predicted octanol–water partition coefficient (Wildman–Crippen LogP) is 6.00. The van der Waals surface area contributed by atoms with Crippen molar-refractivity contribution in [1.29, 1.82) is 0 Å². The summed E-state index contributed by atoms with van der Waals surface area (Å²) in [6, 6.07) is 10.4. The number of thiophene rings is 1. The van der Waals surface area contributed by atoms with Gasteiger partial charge in [0.25, 0.3) is 0 Å². The highest BCUT2D eigenvalue weighted by Gasteiger charge is 2.06. The van der Waals surface area contributed by atoms with Gasteiger partial charge in [0.05, 0.1) is 0 Å². The second kappa shape index (κ2) is 6.96. The van der Waals surface area contributed by atoms with Crippen LogP contribution in [0.25, 0.3) is 10.2 Å². The Bertz CT molecular complexity index is 664. The molecule has 3 aromatic rings. The predicted molar refractivity (Wildman–Crippen MR) is 91.1 cm³/mol. The molecule has 0 radical (unpaired) electrons. The van der Waals surface area contributed by atoms with E-state index in [-0.39, 0.29) is 0 Å². The third kappa shape index (κ3) is 3.44. The number of hydrogen-bond acceptors (Lipinski definition) is 1. The number of benzene rings is 1. The summed E-state index contributed by atoms with van der Waals surface area (Å²) in [4.78, 5) is 4.68. The van der Waals surface area contributed by atoms with Crippen molar-refractivity contribution in [3.8, 4) is 0 Å². The molecule has 0 saturated heterocycles. The molecule has 0 aliphatic carbocycles. The van der Waals surface area contributed by atoms with E-state index in [4.69, 9.17) is 11.6 Å². The fourth-order valence-corrected chi connectivity index (χ4v) is 3.38. The van der Waals surface area contributed by atoms with Crippen molar-refractivity contribution in [3.05, 3.63) is 57.6 Å². The Balaban J connectivity index is 0.000000704. The summed E-state index contributed by atoms with van der Waals surface area (Å²) in [6.07, 6.45) is 2.14. The van der Waals surface area contributed by atoms with E-state index in [1.165, 1.54) is 27.0 Å². The Labute approximate surface area is 129 Å². The molecular formula is C17H20ClNS. The summed E-state index contributed by atoms with van der Waals surface area (Å²) in [7, 11) is 0. The lowest BCUT2D eigenvalue weighted by atomic mass is 10.1. The maximum absolute atomic E-state index is 5.89. The number of hydrogen-bond donors (Lipinski definition) is 1. The van der Waals surface area contributed by atoms with Crippen LogP contribution in [-0.2, 0) is 12.8 Å². The van der Waals surface area contributed by atoms with Gasteiger partial charge < -0.3 is 4.98 Å². The first-order valence-corrected chi connectivity index (χ1v) is 8.28. The van der Waals surface area contributed by atoms with Gasteiger partial charge in [-0.15, -0.1) is 11.3 Å². The van der Waals surface area contributed by atoms with E-state index in [0.29, 0.717) is 0 Å². The third-order valence-electron chi connectivity index (χ3n) is 3.18. The Morgan fingerprint density at radius 1 is 1.10 bits per heavy atom. The van der Waals surface area contributed by atoms with E-state index in [1.807, 2.05) is 26.0 Å². The molecule has 1 nitrogen and oxygen atoms in total. The van der Waals surface area contributed by atoms with Gasteiger partial charge in [0.2, 0.25) is 0 Å². The van der Waals surface area contributed by atoms with E-state index in [2.05, 4.69) is 35.5 Å². The van der Waals surface area contributed by atoms with E-state index in [0.717, 1.165) is 17.9 Å². The van der Waals surface area contributed by atoms with Crippen molar-refractivity contribution < 1.29 is 0 Å². The standard InChI is InChI=1S/C15H14ClNS.C2H6/c1-10-8-14-12(9-18-15(14)17-10)5-2-11-3-6-13(16)7-4-11;1-2/h3-4,6-9,17H,2,5H2,1H3;1-2H3. The molecule has 0 atom stereocenters. The fourth-order valence-electron chi connectivity index (χ4n) is 2.21. The maximum Gasteiger partial charge on any atom is 0.100 e. The number of H-pyrrole nitrogens is 1. The summed E-state index contributed by atoms with van der Waals surface area (Å²) in [5.74, 6) is 0. The first kappa shape index (κ1) is 15.1. The molecule has 3 rings (SSSR count). The quantitative estimate of drug-likeness (QED) is 0.610. The molecule has 20 heavy (non-hydrogen) atoms. The second-order valence-corrected chi connectivity index (χ2v) is 5.90. The molecular weight excluding hydrogens is 286 g/mol. The second-order valence-electron chi connectivity index (χ2n) is 4.58. The molecule has 0 spiro atoms. The molecule has 0 bridgehead atoms. The molecule has 0 amide bonds. The number of fused-ring (bicyclic) bond motifs is 1. The number of rotatable bonds is 3. The van der Waals surface area contributed by atoms with Crippen LogP contribution in [0.5, 0.6) is 0 Å². The molecule has 0 unspecified atom stereocenters. The molecule has 2 aromatic heterocycles. The Morgan fingerprint density at radius 3 is 2.50 bits per heavy atom. The molecule has 1 N–H and O–H groups in total. The van der Waals surface area contributed by atoms with Crippen molar-refractivity contribution in [1.82, 2.24) is 4.98 Å². The number of aromatic amines is 1. The van der Waals surface area contributed by atoms with Crippen LogP contribution >= 0.6 is 22.9 Å².